The zero-order chi connectivity index (χ0) is 15.9. The summed E-state index contributed by atoms with van der Waals surface area (Å²) in [6.07, 6.45) is 0. The van der Waals surface area contributed by atoms with Crippen molar-refractivity contribution in [2.75, 3.05) is 0 Å². The molecule has 0 spiro atoms. The lowest BCUT2D eigenvalue weighted by Gasteiger charge is -2.09. The SMILES string of the molecule is Cc1ccc(Cn2c(C)c(C)c3cc(C(=O)O)ccc32)cc1. The first kappa shape index (κ1) is 14.4. The van der Waals surface area contributed by atoms with Gasteiger partial charge in [0.05, 0.1) is 5.56 Å². The zero-order valence-corrected chi connectivity index (χ0v) is 13.1. The van der Waals surface area contributed by atoms with Crippen LogP contribution >= 0.6 is 0 Å². The molecule has 1 N–H and O–H groups in total. The maximum Gasteiger partial charge on any atom is 0.335 e. The second-order valence-corrected chi connectivity index (χ2v) is 5.82. The minimum atomic E-state index is -0.884. The van der Waals surface area contributed by atoms with Crippen LogP contribution < -0.4 is 0 Å². The van der Waals surface area contributed by atoms with Crippen LogP contribution in [0, 0.1) is 20.8 Å². The fraction of sp³-hybridized carbons (Fsp3) is 0.211. The average Bonchev–Trinajstić information content (AvgIpc) is 2.74. The molecular formula is C19H19NO2. The summed E-state index contributed by atoms with van der Waals surface area (Å²) in [6.45, 7) is 7.01. The third-order valence-corrected chi connectivity index (χ3v) is 4.35. The number of aromatic carboxylic acids is 1. The Balaban J connectivity index is 2.11. The number of aromatic nitrogens is 1. The summed E-state index contributed by atoms with van der Waals surface area (Å²) in [5.74, 6) is -0.884. The molecule has 3 aromatic rings. The number of rotatable bonds is 3. The van der Waals surface area contributed by atoms with Gasteiger partial charge < -0.3 is 9.67 Å². The Morgan fingerprint density at radius 3 is 2.36 bits per heavy atom. The van der Waals surface area contributed by atoms with Gasteiger partial charge >= 0.3 is 5.97 Å². The number of hydrogen-bond donors (Lipinski definition) is 1. The number of hydrogen-bond acceptors (Lipinski definition) is 1. The van der Waals surface area contributed by atoms with Crippen molar-refractivity contribution in [3.8, 4) is 0 Å². The third kappa shape index (κ3) is 2.39. The number of carboxylic acids is 1. The molecule has 2 aromatic carbocycles. The van der Waals surface area contributed by atoms with Crippen LogP contribution in [0.1, 0.15) is 32.7 Å². The summed E-state index contributed by atoms with van der Waals surface area (Å²) in [6, 6.07) is 13.9. The monoisotopic (exact) mass is 293 g/mol. The maximum absolute atomic E-state index is 11.2. The van der Waals surface area contributed by atoms with Gasteiger partial charge in [0.25, 0.3) is 0 Å². The van der Waals surface area contributed by atoms with E-state index in [4.69, 9.17) is 5.11 Å². The predicted molar refractivity (Wildman–Crippen MR) is 88.7 cm³/mol. The number of benzene rings is 2. The molecule has 1 heterocycles. The third-order valence-electron chi connectivity index (χ3n) is 4.35. The van der Waals surface area contributed by atoms with Crippen molar-refractivity contribution in [3.63, 3.8) is 0 Å². The highest BCUT2D eigenvalue weighted by Gasteiger charge is 2.13. The van der Waals surface area contributed by atoms with Gasteiger partial charge in [0.2, 0.25) is 0 Å². The lowest BCUT2D eigenvalue weighted by atomic mass is 10.1. The second kappa shape index (κ2) is 5.34. The van der Waals surface area contributed by atoms with Crippen LogP contribution in [0.25, 0.3) is 10.9 Å². The molecule has 0 aliphatic heterocycles. The van der Waals surface area contributed by atoms with Crippen LogP contribution in [0.5, 0.6) is 0 Å². The van der Waals surface area contributed by atoms with E-state index in [0.29, 0.717) is 5.56 Å². The van der Waals surface area contributed by atoms with Gasteiger partial charge in [-0.05, 0) is 50.1 Å². The van der Waals surface area contributed by atoms with E-state index >= 15 is 0 Å². The fourth-order valence-electron chi connectivity index (χ4n) is 2.86. The Kier molecular flexibility index (Phi) is 3.49. The number of nitrogens with zero attached hydrogens (tertiary/aromatic N) is 1. The largest absolute Gasteiger partial charge is 0.478 e. The lowest BCUT2D eigenvalue weighted by Crippen LogP contribution is -2.02. The quantitative estimate of drug-likeness (QED) is 0.781. The summed E-state index contributed by atoms with van der Waals surface area (Å²) in [5.41, 5.74) is 6.24. The molecule has 0 bridgehead atoms. The molecule has 0 amide bonds. The smallest absolute Gasteiger partial charge is 0.335 e. The van der Waals surface area contributed by atoms with Crippen molar-refractivity contribution in [1.29, 1.82) is 0 Å². The molecule has 22 heavy (non-hydrogen) atoms. The first-order chi connectivity index (χ1) is 10.5. The first-order valence-electron chi connectivity index (χ1n) is 7.35. The summed E-state index contributed by atoms with van der Waals surface area (Å²) in [5, 5.41) is 10.2. The summed E-state index contributed by atoms with van der Waals surface area (Å²) >= 11 is 0. The van der Waals surface area contributed by atoms with Gasteiger partial charge in [0, 0.05) is 23.1 Å². The molecule has 0 saturated carbocycles. The topological polar surface area (TPSA) is 42.2 Å². The van der Waals surface area contributed by atoms with Crippen molar-refractivity contribution in [2.24, 2.45) is 0 Å². The van der Waals surface area contributed by atoms with Gasteiger partial charge in [-0.25, -0.2) is 4.79 Å². The van der Waals surface area contributed by atoms with Crippen molar-refractivity contribution in [2.45, 2.75) is 27.3 Å². The second-order valence-electron chi connectivity index (χ2n) is 5.82. The lowest BCUT2D eigenvalue weighted by molar-refractivity contribution is 0.0697. The highest BCUT2D eigenvalue weighted by Crippen LogP contribution is 2.27. The van der Waals surface area contributed by atoms with Gasteiger partial charge in [0.1, 0.15) is 0 Å². The Labute approximate surface area is 129 Å². The van der Waals surface area contributed by atoms with Gasteiger partial charge in [-0.15, -0.1) is 0 Å². The molecule has 0 atom stereocenters. The summed E-state index contributed by atoms with van der Waals surface area (Å²) in [4.78, 5) is 11.2. The van der Waals surface area contributed by atoms with Crippen molar-refractivity contribution >= 4 is 16.9 Å². The van der Waals surface area contributed by atoms with Crippen molar-refractivity contribution in [1.82, 2.24) is 4.57 Å². The predicted octanol–water partition coefficient (Wildman–Crippen LogP) is 4.31. The van der Waals surface area contributed by atoms with Crippen molar-refractivity contribution in [3.05, 3.63) is 70.4 Å². The van der Waals surface area contributed by atoms with Gasteiger partial charge in [-0.2, -0.15) is 0 Å². The normalized spacial score (nSPS) is 11.0. The van der Waals surface area contributed by atoms with Gasteiger partial charge in [0.15, 0.2) is 0 Å². The van der Waals surface area contributed by atoms with E-state index in [2.05, 4.69) is 49.6 Å². The van der Waals surface area contributed by atoms with Crippen LogP contribution in [0.2, 0.25) is 0 Å². The highest BCUT2D eigenvalue weighted by molar-refractivity contribution is 5.95. The Hall–Kier alpha value is -2.55. The van der Waals surface area contributed by atoms with Crippen LogP contribution in [0.3, 0.4) is 0 Å². The van der Waals surface area contributed by atoms with Gasteiger partial charge in [-0.1, -0.05) is 29.8 Å². The van der Waals surface area contributed by atoms with E-state index in [1.165, 1.54) is 16.8 Å². The first-order valence-corrected chi connectivity index (χ1v) is 7.35. The van der Waals surface area contributed by atoms with Crippen LogP contribution in [-0.4, -0.2) is 15.6 Å². The minimum absolute atomic E-state index is 0.336. The maximum atomic E-state index is 11.2. The number of carbonyl (C=O) groups is 1. The molecule has 3 heteroatoms. The van der Waals surface area contributed by atoms with Gasteiger partial charge in [-0.3, -0.25) is 0 Å². The minimum Gasteiger partial charge on any atom is -0.478 e. The van der Waals surface area contributed by atoms with E-state index < -0.39 is 5.97 Å². The summed E-state index contributed by atoms with van der Waals surface area (Å²) in [7, 11) is 0. The molecule has 0 unspecified atom stereocenters. The molecule has 0 aliphatic rings. The highest BCUT2D eigenvalue weighted by atomic mass is 16.4. The molecule has 1 aromatic heterocycles. The zero-order valence-electron chi connectivity index (χ0n) is 13.1. The van der Waals surface area contributed by atoms with E-state index in [9.17, 15) is 4.79 Å². The van der Waals surface area contributed by atoms with Crippen LogP contribution in [0.4, 0.5) is 0 Å². The number of fused-ring (bicyclic) bond motifs is 1. The average molecular weight is 293 g/mol. The molecular weight excluding hydrogens is 274 g/mol. The molecule has 3 rings (SSSR count). The number of carboxylic acid groups (broad SMARTS) is 1. The van der Waals surface area contributed by atoms with E-state index in [-0.39, 0.29) is 0 Å². The van der Waals surface area contributed by atoms with E-state index in [1.807, 2.05) is 6.07 Å². The summed E-state index contributed by atoms with van der Waals surface area (Å²) < 4.78 is 2.25. The van der Waals surface area contributed by atoms with Crippen LogP contribution in [0.15, 0.2) is 42.5 Å². The van der Waals surface area contributed by atoms with E-state index in [1.54, 1.807) is 12.1 Å². The number of aryl methyl sites for hydroxylation is 2. The standard InChI is InChI=1S/C19H19NO2/c1-12-4-6-15(7-5-12)11-20-14(3)13(2)17-10-16(19(21)22)8-9-18(17)20/h4-10H,11H2,1-3H3,(H,21,22). The Morgan fingerprint density at radius 2 is 1.73 bits per heavy atom. The fourth-order valence-corrected chi connectivity index (χ4v) is 2.86. The van der Waals surface area contributed by atoms with Crippen molar-refractivity contribution < 1.29 is 9.90 Å². The molecule has 3 nitrogen and oxygen atoms in total. The molecule has 0 saturated heterocycles. The Bertz CT molecular complexity index is 857. The van der Waals surface area contributed by atoms with Crippen LogP contribution in [-0.2, 0) is 6.54 Å². The van der Waals surface area contributed by atoms with E-state index in [0.717, 1.165) is 23.0 Å². The molecule has 112 valence electrons. The molecule has 0 aliphatic carbocycles. The molecule has 0 radical (unpaired) electrons. The Morgan fingerprint density at radius 1 is 1.05 bits per heavy atom. The molecule has 0 fully saturated rings.